The molecule has 1 fully saturated rings. The second kappa shape index (κ2) is 7.58. The summed E-state index contributed by atoms with van der Waals surface area (Å²) < 4.78 is 10.8. The van der Waals surface area contributed by atoms with Crippen LogP contribution < -0.4 is 5.32 Å². The Bertz CT molecular complexity index is 552. The highest BCUT2D eigenvalue weighted by atomic mass is 16.7. The highest BCUT2D eigenvalue weighted by Gasteiger charge is 2.17. The van der Waals surface area contributed by atoms with Crippen LogP contribution in [0.4, 0.5) is 0 Å². The molecule has 0 bridgehead atoms. The summed E-state index contributed by atoms with van der Waals surface area (Å²) in [5.74, 6) is -0.342. The molecule has 110 valence electrons. The number of benzene rings is 1. The van der Waals surface area contributed by atoms with E-state index in [1.54, 1.807) is 6.08 Å². The van der Waals surface area contributed by atoms with Crippen molar-refractivity contribution >= 4 is 12.0 Å². The minimum atomic E-state index is -0.342. The predicted molar refractivity (Wildman–Crippen MR) is 78.0 cm³/mol. The van der Waals surface area contributed by atoms with Gasteiger partial charge in [0, 0.05) is 12.1 Å². The molecule has 1 N–H and O–H groups in total. The van der Waals surface area contributed by atoms with Crippen LogP contribution in [0.25, 0.3) is 6.08 Å². The monoisotopic (exact) mass is 286 g/mol. The fourth-order valence-electron chi connectivity index (χ4n) is 1.95. The topological polar surface area (TPSA) is 71.4 Å². The number of hydrogen-bond acceptors (Lipinski definition) is 4. The van der Waals surface area contributed by atoms with E-state index in [2.05, 4.69) is 5.32 Å². The first-order valence-electron chi connectivity index (χ1n) is 6.97. The number of amides is 1. The Morgan fingerprint density at radius 2 is 2.05 bits per heavy atom. The van der Waals surface area contributed by atoms with E-state index >= 15 is 0 Å². The van der Waals surface area contributed by atoms with Crippen LogP contribution in [0, 0.1) is 11.3 Å². The molecule has 0 saturated carbocycles. The van der Waals surface area contributed by atoms with E-state index in [0.29, 0.717) is 19.8 Å². The molecule has 1 aliphatic rings. The Kier molecular flexibility index (Phi) is 5.50. The van der Waals surface area contributed by atoms with Gasteiger partial charge < -0.3 is 14.8 Å². The zero-order valence-corrected chi connectivity index (χ0v) is 12.0. The van der Waals surface area contributed by atoms with Crippen molar-refractivity contribution in [3.63, 3.8) is 0 Å². The van der Waals surface area contributed by atoms with Crippen LogP contribution in [0.3, 0.4) is 0 Å². The molecular formula is C16H18N2O3. The third-order valence-electron chi connectivity index (χ3n) is 3.04. The third kappa shape index (κ3) is 4.15. The van der Waals surface area contributed by atoms with Crippen molar-refractivity contribution in [2.24, 2.45) is 0 Å². The molecule has 0 aliphatic carbocycles. The van der Waals surface area contributed by atoms with E-state index < -0.39 is 0 Å². The van der Waals surface area contributed by atoms with Gasteiger partial charge in [0.2, 0.25) is 0 Å². The van der Waals surface area contributed by atoms with E-state index in [9.17, 15) is 4.79 Å². The maximum absolute atomic E-state index is 11.8. The van der Waals surface area contributed by atoms with Gasteiger partial charge in [0.05, 0.1) is 13.2 Å². The van der Waals surface area contributed by atoms with Crippen molar-refractivity contribution in [1.29, 1.82) is 5.26 Å². The van der Waals surface area contributed by atoms with Gasteiger partial charge in [0.25, 0.3) is 5.91 Å². The van der Waals surface area contributed by atoms with Crippen molar-refractivity contribution in [3.05, 3.63) is 41.0 Å². The number of carbonyl (C=O) groups excluding carboxylic acids is 1. The maximum atomic E-state index is 11.8. The van der Waals surface area contributed by atoms with Crippen molar-refractivity contribution in [2.45, 2.75) is 19.6 Å². The summed E-state index contributed by atoms with van der Waals surface area (Å²) in [5, 5.41) is 11.8. The van der Waals surface area contributed by atoms with Crippen molar-refractivity contribution in [1.82, 2.24) is 5.32 Å². The Labute approximate surface area is 124 Å². The quantitative estimate of drug-likeness (QED) is 0.665. The number of rotatable bonds is 5. The molecule has 1 aromatic carbocycles. The number of ether oxygens (including phenoxy) is 2. The molecule has 5 heteroatoms. The lowest BCUT2D eigenvalue weighted by Crippen LogP contribution is -2.25. The molecular weight excluding hydrogens is 268 g/mol. The van der Waals surface area contributed by atoms with Crippen LogP contribution >= 0.6 is 0 Å². The summed E-state index contributed by atoms with van der Waals surface area (Å²) in [6.07, 6.45) is 2.09. The van der Waals surface area contributed by atoms with E-state index in [4.69, 9.17) is 14.7 Å². The number of nitriles is 1. The number of nitrogens with one attached hydrogen (secondary N) is 1. The first kappa shape index (κ1) is 15.2. The van der Waals surface area contributed by atoms with E-state index in [1.165, 1.54) is 0 Å². The predicted octanol–water partition coefficient (Wildman–Crippen LogP) is 2.17. The molecule has 1 saturated heterocycles. The standard InChI is InChI=1S/C16H18N2O3/c1-2-7-18-15(19)14(11-17)10-12-3-5-13(6-4-12)16-20-8-9-21-16/h3-6,10,16H,2,7-9H2,1H3,(H,18,19)/b14-10-. The van der Waals surface area contributed by atoms with Gasteiger partial charge in [-0.2, -0.15) is 5.26 Å². The maximum Gasteiger partial charge on any atom is 0.261 e. The van der Waals surface area contributed by atoms with Gasteiger partial charge in [-0.15, -0.1) is 0 Å². The highest BCUT2D eigenvalue weighted by Crippen LogP contribution is 2.23. The molecule has 0 radical (unpaired) electrons. The summed E-state index contributed by atoms with van der Waals surface area (Å²) in [6.45, 7) is 3.72. The highest BCUT2D eigenvalue weighted by molar-refractivity contribution is 6.01. The molecule has 1 aromatic rings. The minimum absolute atomic E-state index is 0.101. The molecule has 0 spiro atoms. The molecule has 0 unspecified atom stereocenters. The fourth-order valence-corrected chi connectivity index (χ4v) is 1.95. The Morgan fingerprint density at radius 3 is 2.62 bits per heavy atom. The average Bonchev–Trinajstić information content (AvgIpc) is 3.05. The first-order valence-corrected chi connectivity index (χ1v) is 6.97. The van der Waals surface area contributed by atoms with E-state index in [0.717, 1.165) is 17.5 Å². The summed E-state index contributed by atoms with van der Waals surface area (Å²) in [5.41, 5.74) is 1.82. The van der Waals surface area contributed by atoms with Gasteiger partial charge in [-0.1, -0.05) is 31.2 Å². The van der Waals surface area contributed by atoms with Crippen molar-refractivity contribution < 1.29 is 14.3 Å². The van der Waals surface area contributed by atoms with Gasteiger partial charge in [-0.3, -0.25) is 4.79 Å². The Morgan fingerprint density at radius 1 is 1.38 bits per heavy atom. The third-order valence-corrected chi connectivity index (χ3v) is 3.04. The molecule has 1 aliphatic heterocycles. The smallest absolute Gasteiger partial charge is 0.261 e. The normalized spacial score (nSPS) is 15.7. The molecule has 1 heterocycles. The van der Waals surface area contributed by atoms with Crippen LogP contribution in [-0.2, 0) is 14.3 Å². The lowest BCUT2D eigenvalue weighted by atomic mass is 10.1. The summed E-state index contributed by atoms with van der Waals surface area (Å²) in [7, 11) is 0. The Hall–Kier alpha value is -2.16. The number of carbonyl (C=O) groups is 1. The fraction of sp³-hybridized carbons (Fsp3) is 0.375. The van der Waals surface area contributed by atoms with Crippen LogP contribution in [0.5, 0.6) is 0 Å². The van der Waals surface area contributed by atoms with Crippen LogP contribution in [0.2, 0.25) is 0 Å². The van der Waals surface area contributed by atoms with Gasteiger partial charge in [0.1, 0.15) is 11.6 Å². The number of hydrogen-bond donors (Lipinski definition) is 1. The number of nitrogens with zero attached hydrogens (tertiary/aromatic N) is 1. The first-order chi connectivity index (χ1) is 10.2. The second-order valence-corrected chi connectivity index (χ2v) is 4.67. The zero-order valence-electron chi connectivity index (χ0n) is 12.0. The largest absolute Gasteiger partial charge is 0.351 e. The average molecular weight is 286 g/mol. The lowest BCUT2D eigenvalue weighted by molar-refractivity contribution is -0.117. The zero-order chi connectivity index (χ0) is 15.1. The van der Waals surface area contributed by atoms with Crippen LogP contribution in [-0.4, -0.2) is 25.7 Å². The molecule has 5 nitrogen and oxygen atoms in total. The molecule has 2 rings (SSSR count). The molecule has 0 aromatic heterocycles. The van der Waals surface area contributed by atoms with Gasteiger partial charge in [0.15, 0.2) is 6.29 Å². The minimum Gasteiger partial charge on any atom is -0.351 e. The lowest BCUT2D eigenvalue weighted by Gasteiger charge is -2.09. The van der Waals surface area contributed by atoms with Gasteiger partial charge in [-0.05, 0) is 18.1 Å². The van der Waals surface area contributed by atoms with E-state index in [1.807, 2.05) is 37.3 Å². The second-order valence-electron chi connectivity index (χ2n) is 4.67. The molecule has 0 atom stereocenters. The van der Waals surface area contributed by atoms with Crippen LogP contribution in [0.15, 0.2) is 29.8 Å². The van der Waals surface area contributed by atoms with Gasteiger partial charge >= 0.3 is 0 Å². The molecule has 1 amide bonds. The Balaban J connectivity index is 2.08. The summed E-state index contributed by atoms with van der Waals surface area (Å²) in [6, 6.07) is 9.36. The van der Waals surface area contributed by atoms with Gasteiger partial charge in [-0.25, -0.2) is 0 Å². The van der Waals surface area contributed by atoms with E-state index in [-0.39, 0.29) is 17.8 Å². The van der Waals surface area contributed by atoms with Crippen LogP contribution in [0.1, 0.15) is 30.8 Å². The van der Waals surface area contributed by atoms with Crippen molar-refractivity contribution in [2.75, 3.05) is 19.8 Å². The SMILES string of the molecule is CCCNC(=O)/C(C#N)=C\c1ccc(C2OCCO2)cc1. The summed E-state index contributed by atoms with van der Waals surface area (Å²) in [4.78, 5) is 11.8. The summed E-state index contributed by atoms with van der Waals surface area (Å²) >= 11 is 0. The molecule has 21 heavy (non-hydrogen) atoms. The van der Waals surface area contributed by atoms with Crippen molar-refractivity contribution in [3.8, 4) is 6.07 Å².